The number of unbranched alkanes of at least 4 members (excludes halogenated alkanes) is 1. The van der Waals surface area contributed by atoms with Crippen LogP contribution in [-0.4, -0.2) is 0 Å². The standard InChI is InChI=1S/C32H42ClF3/c1-2-3-4-22-5-7-23(8-6-22)9-10-24-11-15-26(16-12-24)27-20-30(34)28(31(35)21-27)17-13-25-14-18-29(33)32(36)19-25/h14,18-24,26H,2-13,15-17H2,1H3/t22-,23-,24-,26-. The summed E-state index contributed by atoms with van der Waals surface area (Å²) in [7, 11) is 0. The normalized spacial score (nSPS) is 24.7. The molecule has 0 spiro atoms. The van der Waals surface area contributed by atoms with Gasteiger partial charge in [-0.25, -0.2) is 13.2 Å². The van der Waals surface area contributed by atoms with E-state index in [0.717, 1.165) is 36.2 Å². The van der Waals surface area contributed by atoms with Gasteiger partial charge in [0.15, 0.2) is 0 Å². The molecule has 2 aromatic rings. The second-order valence-electron chi connectivity index (χ2n) is 11.5. The molecule has 0 atom stereocenters. The molecule has 0 N–H and O–H groups in total. The van der Waals surface area contributed by atoms with E-state index in [1.165, 1.54) is 82.8 Å². The van der Waals surface area contributed by atoms with Gasteiger partial charge in [-0.15, -0.1) is 0 Å². The van der Waals surface area contributed by atoms with Crippen molar-refractivity contribution in [1.29, 1.82) is 0 Å². The molecule has 2 aliphatic carbocycles. The van der Waals surface area contributed by atoms with Crippen molar-refractivity contribution < 1.29 is 13.2 Å². The topological polar surface area (TPSA) is 0 Å². The van der Waals surface area contributed by atoms with Crippen molar-refractivity contribution >= 4 is 11.6 Å². The fourth-order valence-electron chi connectivity index (χ4n) is 6.62. The summed E-state index contributed by atoms with van der Waals surface area (Å²) >= 11 is 5.73. The smallest absolute Gasteiger partial charge is 0.142 e. The lowest BCUT2D eigenvalue weighted by Crippen LogP contribution is -2.18. The Hall–Kier alpha value is -1.48. The number of halogens is 4. The zero-order chi connectivity index (χ0) is 25.5. The van der Waals surface area contributed by atoms with Gasteiger partial charge in [-0.05, 0) is 97.6 Å². The zero-order valence-electron chi connectivity index (χ0n) is 21.8. The highest BCUT2D eigenvalue weighted by Gasteiger charge is 2.26. The minimum Gasteiger partial charge on any atom is -0.207 e. The van der Waals surface area contributed by atoms with Crippen molar-refractivity contribution in [2.45, 2.75) is 109 Å². The fourth-order valence-corrected chi connectivity index (χ4v) is 6.74. The van der Waals surface area contributed by atoms with Gasteiger partial charge in [0.1, 0.15) is 17.5 Å². The van der Waals surface area contributed by atoms with E-state index < -0.39 is 17.5 Å². The van der Waals surface area contributed by atoms with Crippen LogP contribution >= 0.6 is 11.6 Å². The molecular weight excluding hydrogens is 477 g/mol. The van der Waals surface area contributed by atoms with Crippen molar-refractivity contribution in [3.63, 3.8) is 0 Å². The van der Waals surface area contributed by atoms with Crippen LogP contribution in [0.2, 0.25) is 5.02 Å². The summed E-state index contributed by atoms with van der Waals surface area (Å²) in [6.45, 7) is 2.29. The molecule has 0 heterocycles. The summed E-state index contributed by atoms with van der Waals surface area (Å²) in [5.74, 6) is 1.46. The molecule has 0 radical (unpaired) electrons. The monoisotopic (exact) mass is 518 g/mol. The largest absolute Gasteiger partial charge is 0.207 e. The first-order valence-corrected chi connectivity index (χ1v) is 14.7. The summed E-state index contributed by atoms with van der Waals surface area (Å²) in [5.41, 5.74) is 1.57. The van der Waals surface area contributed by atoms with Crippen LogP contribution in [0.15, 0.2) is 30.3 Å². The van der Waals surface area contributed by atoms with E-state index in [1.807, 2.05) is 0 Å². The molecule has 0 unspecified atom stereocenters. The highest BCUT2D eigenvalue weighted by atomic mass is 35.5. The van der Waals surface area contributed by atoms with Crippen LogP contribution < -0.4 is 0 Å². The molecular formula is C32H42ClF3. The summed E-state index contributed by atoms with van der Waals surface area (Å²) in [6.07, 6.45) is 17.5. The highest BCUT2D eigenvalue weighted by Crippen LogP contribution is 2.41. The van der Waals surface area contributed by atoms with Gasteiger partial charge in [0.05, 0.1) is 5.02 Å². The Morgan fingerprint density at radius 3 is 1.81 bits per heavy atom. The molecule has 4 heteroatoms. The molecule has 2 saturated carbocycles. The van der Waals surface area contributed by atoms with Crippen molar-refractivity contribution in [3.8, 4) is 0 Å². The average Bonchev–Trinajstić information content (AvgIpc) is 2.88. The summed E-state index contributed by atoms with van der Waals surface area (Å²) < 4.78 is 43.4. The third-order valence-electron chi connectivity index (χ3n) is 9.04. The molecule has 36 heavy (non-hydrogen) atoms. The van der Waals surface area contributed by atoms with Crippen molar-refractivity contribution in [1.82, 2.24) is 0 Å². The number of rotatable bonds is 10. The number of aryl methyl sites for hydroxylation is 1. The maximum Gasteiger partial charge on any atom is 0.142 e. The summed E-state index contributed by atoms with van der Waals surface area (Å²) in [4.78, 5) is 0. The van der Waals surface area contributed by atoms with Crippen LogP contribution in [0.4, 0.5) is 13.2 Å². The zero-order valence-corrected chi connectivity index (χ0v) is 22.6. The molecule has 0 aliphatic heterocycles. The predicted molar refractivity (Wildman–Crippen MR) is 144 cm³/mol. The number of benzene rings is 2. The molecule has 198 valence electrons. The predicted octanol–water partition coefficient (Wildman–Crippen LogP) is 10.6. The second kappa shape index (κ2) is 13.4. The van der Waals surface area contributed by atoms with E-state index in [4.69, 9.17) is 11.6 Å². The van der Waals surface area contributed by atoms with Gasteiger partial charge >= 0.3 is 0 Å². The van der Waals surface area contributed by atoms with E-state index in [0.29, 0.717) is 12.0 Å². The lowest BCUT2D eigenvalue weighted by atomic mass is 9.74. The number of hydrogen-bond acceptors (Lipinski definition) is 0. The van der Waals surface area contributed by atoms with Gasteiger partial charge in [0.2, 0.25) is 0 Å². The van der Waals surface area contributed by atoms with Crippen LogP contribution in [-0.2, 0) is 12.8 Å². The number of hydrogen-bond donors (Lipinski definition) is 0. The van der Waals surface area contributed by atoms with E-state index in [2.05, 4.69) is 6.92 Å². The van der Waals surface area contributed by atoms with Gasteiger partial charge in [0.25, 0.3) is 0 Å². The van der Waals surface area contributed by atoms with E-state index in [-0.39, 0.29) is 22.9 Å². The molecule has 0 saturated heterocycles. The minimum absolute atomic E-state index is 0.0557. The third kappa shape index (κ3) is 7.53. The first-order chi connectivity index (χ1) is 17.4. The van der Waals surface area contributed by atoms with Crippen LogP contribution in [0.25, 0.3) is 0 Å². The Balaban J connectivity index is 1.22. The van der Waals surface area contributed by atoms with Crippen LogP contribution in [0.1, 0.15) is 113 Å². The van der Waals surface area contributed by atoms with Crippen LogP contribution in [0.5, 0.6) is 0 Å². The van der Waals surface area contributed by atoms with Crippen molar-refractivity contribution in [2.75, 3.05) is 0 Å². The van der Waals surface area contributed by atoms with Gasteiger partial charge in [-0.2, -0.15) is 0 Å². The maximum atomic E-state index is 14.9. The quantitative estimate of drug-likeness (QED) is 0.293. The Labute approximate surface area is 221 Å². The molecule has 2 aliphatic rings. The van der Waals surface area contributed by atoms with Crippen molar-refractivity contribution in [2.24, 2.45) is 17.8 Å². The first kappa shape index (κ1) is 27.6. The Morgan fingerprint density at radius 2 is 1.25 bits per heavy atom. The Kier molecular flexibility index (Phi) is 10.2. The summed E-state index contributed by atoms with van der Waals surface area (Å²) in [6, 6.07) is 7.61. The first-order valence-electron chi connectivity index (χ1n) is 14.3. The van der Waals surface area contributed by atoms with Crippen LogP contribution in [0, 0.1) is 35.2 Å². The van der Waals surface area contributed by atoms with E-state index in [9.17, 15) is 13.2 Å². The van der Waals surface area contributed by atoms with Gasteiger partial charge in [0, 0.05) is 5.56 Å². The summed E-state index contributed by atoms with van der Waals surface area (Å²) in [5, 5.41) is 0.0557. The average molecular weight is 519 g/mol. The molecule has 0 aromatic heterocycles. The SMILES string of the molecule is CCCC[C@H]1CC[C@H](CC[C@H]2CC[C@H](c3cc(F)c(CCc4ccc(Cl)c(F)c4)c(F)c3)CC2)CC1. The molecule has 0 nitrogen and oxygen atoms in total. The molecule has 0 amide bonds. The van der Waals surface area contributed by atoms with Gasteiger partial charge < -0.3 is 0 Å². The molecule has 2 aromatic carbocycles. The van der Waals surface area contributed by atoms with E-state index >= 15 is 0 Å². The van der Waals surface area contributed by atoms with Gasteiger partial charge in [-0.3, -0.25) is 0 Å². The fraction of sp³-hybridized carbons (Fsp3) is 0.625. The Bertz CT molecular complexity index is 948. The van der Waals surface area contributed by atoms with Gasteiger partial charge in [-0.1, -0.05) is 82.4 Å². The molecule has 4 rings (SSSR count). The maximum absolute atomic E-state index is 14.9. The second-order valence-corrected chi connectivity index (χ2v) is 11.9. The lowest BCUT2D eigenvalue weighted by Gasteiger charge is -2.32. The van der Waals surface area contributed by atoms with Crippen molar-refractivity contribution in [3.05, 3.63) is 69.5 Å². The lowest BCUT2D eigenvalue weighted by molar-refractivity contribution is 0.222. The third-order valence-corrected chi connectivity index (χ3v) is 9.35. The minimum atomic E-state index is -0.504. The van der Waals surface area contributed by atoms with E-state index in [1.54, 1.807) is 18.2 Å². The molecule has 2 fully saturated rings. The Morgan fingerprint density at radius 1 is 0.694 bits per heavy atom. The molecule has 0 bridgehead atoms. The van der Waals surface area contributed by atoms with Crippen LogP contribution in [0.3, 0.4) is 0 Å². The highest BCUT2D eigenvalue weighted by molar-refractivity contribution is 6.30.